The Morgan fingerprint density at radius 2 is 0.879 bits per heavy atom. The summed E-state index contributed by atoms with van der Waals surface area (Å²) in [6.45, 7) is -5.42. The molecule has 4 heterocycles. The molecule has 1 radical (unpaired) electrons. The van der Waals surface area contributed by atoms with Crippen molar-refractivity contribution in [2.24, 2.45) is 0 Å². The van der Waals surface area contributed by atoms with Gasteiger partial charge in [-0.25, -0.2) is 30.5 Å². The molecule has 0 spiro atoms. The van der Waals surface area contributed by atoms with Crippen LogP contribution in [-0.2, 0) is 156 Å². The number of aldehydes is 1. The molecule has 0 saturated carbocycles. The molecule has 52 nitrogen and oxygen atoms in total. The summed E-state index contributed by atoms with van der Waals surface area (Å²) >= 11 is 0. The van der Waals surface area contributed by atoms with Gasteiger partial charge in [0, 0.05) is 29.6 Å². The molecular weight excluding hydrogens is 1470 g/mol. The summed E-state index contributed by atoms with van der Waals surface area (Å²) in [6.07, 6.45) is -64.4. The van der Waals surface area contributed by atoms with E-state index < -0.39 is 268 Å². The molecule has 61 heteroatoms. The van der Waals surface area contributed by atoms with Crippen LogP contribution in [0.3, 0.4) is 0 Å². The van der Waals surface area contributed by atoms with Crippen LogP contribution in [-0.4, -0.2) is 364 Å². The van der Waals surface area contributed by atoms with Crippen molar-refractivity contribution >= 4 is 131 Å². The van der Waals surface area contributed by atoms with Crippen LogP contribution in [0.15, 0.2) is 0 Å². The van der Waals surface area contributed by atoms with Crippen LogP contribution in [0, 0.1) is 0 Å². The van der Waals surface area contributed by atoms with Crippen molar-refractivity contribution in [2.45, 2.75) is 147 Å². The Balaban J connectivity index is 0.0000216. The molecule has 4 rings (SSSR count). The van der Waals surface area contributed by atoms with Crippen molar-refractivity contribution in [3.05, 3.63) is 0 Å². The molecule has 4 fully saturated rings. The Hall–Kier alpha value is -2.03. The minimum Gasteiger partial charge on any atom is -0.479 e. The summed E-state index contributed by atoms with van der Waals surface area (Å²) in [5.41, 5.74) is 0. The van der Waals surface area contributed by atoms with Crippen LogP contribution in [0.25, 0.3) is 0 Å². The number of aliphatic carboxylic acids is 2. The Labute approximate surface area is 531 Å². The molecule has 24 atom stereocenters. The first-order valence-corrected chi connectivity index (χ1v) is 34.1. The second-order valence-electron chi connectivity index (χ2n) is 18.1. The van der Waals surface area contributed by atoms with Crippen molar-refractivity contribution in [1.82, 2.24) is 14.2 Å². The number of hydrogen-bond acceptors (Lipinski definition) is 39. The van der Waals surface area contributed by atoms with Gasteiger partial charge >= 0.3 is 94.8 Å². The molecule has 24 unspecified atom stereocenters. The number of carbonyl (C=O) groups is 3. The van der Waals surface area contributed by atoms with Gasteiger partial charge in [0.1, 0.15) is 110 Å². The van der Waals surface area contributed by atoms with Gasteiger partial charge in [0.2, 0.25) is 0 Å². The van der Waals surface area contributed by atoms with E-state index in [9.17, 15) is 155 Å². The summed E-state index contributed by atoms with van der Waals surface area (Å²) in [4.78, 5) is 37.5. The zero-order valence-electron chi connectivity index (χ0n) is 44.0. The fraction of sp³-hybridized carbons (Fsp3) is 0.900. The molecule has 0 amide bonds. The van der Waals surface area contributed by atoms with Gasteiger partial charge in [-0.1, -0.05) is 0 Å². The van der Waals surface area contributed by atoms with Crippen LogP contribution in [0.5, 0.6) is 0 Å². The van der Waals surface area contributed by atoms with Gasteiger partial charge < -0.3 is 88.6 Å². The summed E-state index contributed by atoms with van der Waals surface area (Å²) in [6, 6.07) is -8.69. The Morgan fingerprint density at radius 1 is 0.462 bits per heavy atom. The number of rotatable bonds is 33. The zero-order chi connectivity index (χ0) is 69.2. The molecule has 4 saturated heterocycles. The predicted octanol–water partition coefficient (Wildman–Crippen LogP) is -14.9. The van der Waals surface area contributed by atoms with Gasteiger partial charge in [-0.15, -0.1) is 0 Å². The van der Waals surface area contributed by atoms with Crippen LogP contribution in [0.4, 0.5) is 0 Å². The second-order valence-corrected chi connectivity index (χ2v) is 27.1. The normalized spacial score (nSPS) is 34.8. The first-order valence-electron chi connectivity index (χ1n) is 22.9. The number of hydrogen-bond donors (Lipinski definition) is 20. The van der Waals surface area contributed by atoms with Crippen LogP contribution in [0.2, 0.25) is 0 Å². The van der Waals surface area contributed by atoms with E-state index in [-0.39, 0.29) is 29.6 Å². The van der Waals surface area contributed by atoms with Crippen molar-refractivity contribution < 1.29 is 223 Å². The van der Waals surface area contributed by atoms with E-state index in [4.69, 9.17) is 47.0 Å². The van der Waals surface area contributed by atoms with E-state index in [1.165, 1.54) is 4.72 Å². The quantitative estimate of drug-likeness (QED) is 0.0165. The number of carbonyl (C=O) groups excluding carboxylic acids is 1. The molecule has 4 aliphatic heterocycles. The number of aliphatic hydroxyl groups excluding tert-OH is 7. The number of carboxylic acid groups (broad SMARTS) is 2. The van der Waals surface area contributed by atoms with Crippen LogP contribution >= 0.6 is 0 Å². The molecule has 91 heavy (non-hydrogen) atoms. The molecular formula is C30H51N3NaO49S8. The van der Waals surface area contributed by atoms with Gasteiger partial charge in [0.25, 0.3) is 0 Å². The van der Waals surface area contributed by atoms with E-state index in [1.54, 1.807) is 0 Å². The summed E-state index contributed by atoms with van der Waals surface area (Å²) in [7, 11) is -47.0. The smallest absolute Gasteiger partial charge is 0.397 e. The third-order valence-corrected chi connectivity index (χ3v) is 15.7. The van der Waals surface area contributed by atoms with Gasteiger partial charge in [-0.2, -0.15) is 81.5 Å². The van der Waals surface area contributed by atoms with E-state index in [0.29, 0.717) is 0 Å². The zero-order valence-corrected chi connectivity index (χ0v) is 52.5. The number of nitrogens with one attached hydrogen (secondary N) is 3. The molecule has 4 aliphatic rings. The molecule has 0 aliphatic carbocycles. The van der Waals surface area contributed by atoms with Crippen LogP contribution in [0.1, 0.15) is 0 Å². The third kappa shape index (κ3) is 25.7. The van der Waals surface area contributed by atoms with E-state index in [2.05, 4.69) is 20.9 Å². The molecule has 20 N–H and O–H groups in total. The number of ether oxygens (including phenoxy) is 8. The van der Waals surface area contributed by atoms with E-state index in [1.807, 2.05) is 0 Å². The van der Waals surface area contributed by atoms with Gasteiger partial charge in [-0.3, -0.25) is 36.4 Å². The standard InChI is InChI=1S/C30H51N3O49S8.Na/c34-1-5(31-83(46,47)48)11(36)17(6(35)2-70-86(55,56)57)75-30-22(82-90(67,68)69)16(41)21(24(80-30)26(44)45)78-28-10(33-85(52,53)54)19(81-89(64,65)66)18(8(74-28)4-72-88(61,62)63)76-29-15(40)14(39)20(23(79-29)25(42)43)77-27-9(32-84(49,50)51)13(38)12(37)7(73-27)3-71-87(58,59)60;/h1,5-24,27-33,35-41H,2-4H2,(H,42,43)(H,44,45)(H,46,47,48)(H,49,50,51)(H,52,53,54)(H,55,56,57)(H,58,59,60)(H,61,62,63)(H,64,65,66)(H,67,68,69);. The number of aliphatic hydroxyl groups is 7. The monoisotopic (exact) mass is 1520 g/mol. The molecule has 529 valence electrons. The summed E-state index contributed by atoms with van der Waals surface area (Å²) < 4.78 is 332. The maximum atomic E-state index is 12.9. The summed E-state index contributed by atoms with van der Waals surface area (Å²) in [5, 5.41) is 97.8. The van der Waals surface area contributed by atoms with E-state index >= 15 is 0 Å². The van der Waals surface area contributed by atoms with Gasteiger partial charge in [-0.05, 0) is 0 Å². The molecule has 0 aromatic heterocycles. The minimum absolute atomic E-state index is 0. The fourth-order valence-corrected chi connectivity index (χ4v) is 12.0. The van der Waals surface area contributed by atoms with Gasteiger partial charge in [0.15, 0.2) is 43.5 Å². The second kappa shape index (κ2) is 32.1. The summed E-state index contributed by atoms with van der Waals surface area (Å²) in [5.74, 6) is -5.01. The molecule has 0 aromatic carbocycles. The van der Waals surface area contributed by atoms with Crippen molar-refractivity contribution in [1.29, 1.82) is 0 Å². The average Bonchev–Trinajstić information content (AvgIpc) is 0.770. The fourth-order valence-electron chi connectivity index (χ4n) is 8.31. The topological polar surface area (TPSA) is 824 Å². The average molecular weight is 1520 g/mol. The first kappa shape index (κ1) is 83.2. The minimum atomic E-state index is -6.38. The van der Waals surface area contributed by atoms with Crippen molar-refractivity contribution in [3.8, 4) is 0 Å². The Bertz CT molecular complexity index is 3460. The predicted molar refractivity (Wildman–Crippen MR) is 264 cm³/mol. The SMILES string of the molecule is O=CC(NS(=O)(=O)O)C(O)C(OC1OC(C(=O)O)C(OC2OC(COS(=O)(=O)O)C(OC3OC(C(=O)O)C(OC4OC(COS(=O)(=O)O)C(O)C(O)C4NS(=O)(=O)O)C(O)C3O)C(OS(=O)(=O)O)C2NS(=O)(=O)O)C(O)C1OS(=O)(=O)O)C(O)COS(=O)(=O)O.[Na]. The Kier molecular flexibility index (Phi) is 29.3. The van der Waals surface area contributed by atoms with Gasteiger partial charge in [0.05, 0.1) is 19.8 Å². The molecule has 0 bridgehead atoms. The maximum Gasteiger partial charge on any atom is 0.397 e. The van der Waals surface area contributed by atoms with E-state index in [0.717, 1.165) is 9.44 Å². The largest absolute Gasteiger partial charge is 0.479 e. The number of carboxylic acids is 2. The third-order valence-electron chi connectivity index (χ3n) is 11.8. The first-order chi connectivity index (χ1) is 40.6. The van der Waals surface area contributed by atoms with Crippen molar-refractivity contribution in [3.63, 3.8) is 0 Å². The molecule has 0 aromatic rings. The van der Waals surface area contributed by atoms with Crippen molar-refractivity contribution in [2.75, 3.05) is 19.8 Å². The maximum absolute atomic E-state index is 12.9. The Morgan fingerprint density at radius 3 is 1.32 bits per heavy atom. The van der Waals surface area contributed by atoms with Crippen LogP contribution < -0.4 is 14.2 Å².